The van der Waals surface area contributed by atoms with E-state index in [1.54, 1.807) is 0 Å². The number of nitrogens with zero attached hydrogens (tertiary/aromatic N) is 1. The lowest BCUT2D eigenvalue weighted by Gasteiger charge is -2.51. The van der Waals surface area contributed by atoms with Gasteiger partial charge in [-0.3, -0.25) is 0 Å². The second-order valence-corrected chi connectivity index (χ2v) is 13.4. The van der Waals surface area contributed by atoms with E-state index in [0.717, 1.165) is 51.6 Å². The molecule has 0 aromatic rings. The molecule has 0 aromatic heterocycles. The SMILES string of the molecule is CCOCCOCCOCCNS(=O)(=O)C1CCC([C@@H]2CN(C)CC3C(Cl)CC(Cl)CC32)CC1. The Hall–Kier alpha value is 0.330. The minimum Gasteiger partial charge on any atom is -0.379 e. The Balaban J connectivity index is 1.37. The van der Waals surface area contributed by atoms with E-state index in [-0.39, 0.29) is 16.0 Å². The lowest BCUT2D eigenvalue weighted by Crippen LogP contribution is -2.53. The van der Waals surface area contributed by atoms with Crippen molar-refractivity contribution in [1.29, 1.82) is 0 Å². The molecule has 1 heterocycles. The van der Waals surface area contributed by atoms with E-state index in [1.165, 1.54) is 0 Å². The van der Waals surface area contributed by atoms with Gasteiger partial charge in [0.2, 0.25) is 10.0 Å². The number of piperidine rings is 1. The summed E-state index contributed by atoms with van der Waals surface area (Å²) in [6.45, 7) is 7.45. The molecule has 2 saturated carbocycles. The van der Waals surface area contributed by atoms with Crippen LogP contribution in [0.4, 0.5) is 0 Å². The van der Waals surface area contributed by atoms with Gasteiger partial charge in [0, 0.05) is 37.0 Å². The van der Waals surface area contributed by atoms with E-state index >= 15 is 0 Å². The molecular formula is C24H44Cl2N2O5S. The first-order valence-electron chi connectivity index (χ1n) is 13.0. The number of likely N-dealkylation sites (tertiary alicyclic amines) is 1. The fourth-order valence-electron chi connectivity index (χ4n) is 6.21. The third kappa shape index (κ3) is 8.44. The van der Waals surface area contributed by atoms with Gasteiger partial charge in [-0.25, -0.2) is 13.1 Å². The van der Waals surface area contributed by atoms with Gasteiger partial charge in [0.15, 0.2) is 0 Å². The van der Waals surface area contributed by atoms with Crippen LogP contribution in [-0.4, -0.2) is 95.6 Å². The lowest BCUT2D eigenvalue weighted by atomic mass is 9.63. The van der Waals surface area contributed by atoms with Crippen LogP contribution >= 0.6 is 23.2 Å². The molecule has 34 heavy (non-hydrogen) atoms. The van der Waals surface area contributed by atoms with E-state index in [4.69, 9.17) is 37.4 Å². The highest BCUT2D eigenvalue weighted by molar-refractivity contribution is 7.90. The summed E-state index contributed by atoms with van der Waals surface area (Å²) < 4.78 is 44.5. The summed E-state index contributed by atoms with van der Waals surface area (Å²) in [6.07, 6.45) is 5.31. The third-order valence-corrected chi connectivity index (χ3v) is 10.7. The molecular weight excluding hydrogens is 499 g/mol. The maximum absolute atomic E-state index is 12.8. The summed E-state index contributed by atoms with van der Waals surface area (Å²) >= 11 is 13.3. The summed E-state index contributed by atoms with van der Waals surface area (Å²) in [5, 5.41) is 0.00590. The van der Waals surface area contributed by atoms with Crippen LogP contribution in [0.3, 0.4) is 0 Å². The molecule has 200 valence electrons. The maximum Gasteiger partial charge on any atom is 0.214 e. The maximum atomic E-state index is 12.8. The molecule has 3 fully saturated rings. The molecule has 4 unspecified atom stereocenters. The van der Waals surface area contributed by atoms with Crippen LogP contribution in [0.2, 0.25) is 0 Å². The Bertz CT molecular complexity index is 693. The molecule has 1 N–H and O–H groups in total. The molecule has 1 aliphatic heterocycles. The van der Waals surface area contributed by atoms with Gasteiger partial charge in [0.1, 0.15) is 0 Å². The second-order valence-electron chi connectivity index (χ2n) is 10.2. The van der Waals surface area contributed by atoms with E-state index < -0.39 is 10.0 Å². The van der Waals surface area contributed by atoms with Crippen molar-refractivity contribution < 1.29 is 22.6 Å². The summed E-state index contributed by atoms with van der Waals surface area (Å²) in [5.74, 6) is 2.18. The van der Waals surface area contributed by atoms with E-state index in [2.05, 4.69) is 16.7 Å². The zero-order valence-electron chi connectivity index (χ0n) is 20.8. The molecule has 7 nitrogen and oxygen atoms in total. The Kier molecular flexibility index (Phi) is 12.2. The minimum atomic E-state index is -3.33. The number of nitrogens with one attached hydrogen (secondary N) is 1. The molecule has 10 heteroatoms. The van der Waals surface area contributed by atoms with E-state index in [9.17, 15) is 8.42 Å². The van der Waals surface area contributed by atoms with Crippen molar-refractivity contribution in [2.45, 2.75) is 61.5 Å². The van der Waals surface area contributed by atoms with Crippen molar-refractivity contribution in [3.8, 4) is 0 Å². The quantitative estimate of drug-likeness (QED) is 0.284. The van der Waals surface area contributed by atoms with Crippen molar-refractivity contribution in [3.63, 3.8) is 0 Å². The molecule has 0 spiro atoms. The van der Waals surface area contributed by atoms with Crippen molar-refractivity contribution in [1.82, 2.24) is 9.62 Å². The first-order chi connectivity index (χ1) is 16.3. The number of rotatable bonds is 13. The van der Waals surface area contributed by atoms with Gasteiger partial charge in [-0.15, -0.1) is 23.2 Å². The molecule has 1 saturated heterocycles. The van der Waals surface area contributed by atoms with Crippen LogP contribution in [0, 0.1) is 23.7 Å². The van der Waals surface area contributed by atoms with E-state index in [1.807, 2.05) is 6.92 Å². The highest BCUT2D eigenvalue weighted by atomic mass is 35.5. The Morgan fingerprint density at radius 3 is 2.15 bits per heavy atom. The summed E-state index contributed by atoms with van der Waals surface area (Å²) in [5.41, 5.74) is 0. The van der Waals surface area contributed by atoms with Crippen LogP contribution < -0.4 is 4.72 Å². The fraction of sp³-hybridized carbons (Fsp3) is 1.00. The predicted octanol–water partition coefficient (Wildman–Crippen LogP) is 3.34. The van der Waals surface area contributed by atoms with Crippen LogP contribution in [0.5, 0.6) is 0 Å². The number of hydrogen-bond acceptors (Lipinski definition) is 6. The van der Waals surface area contributed by atoms with Gasteiger partial charge in [-0.05, 0) is 76.2 Å². The number of ether oxygens (including phenoxy) is 3. The fourth-order valence-corrected chi connectivity index (χ4v) is 8.68. The average Bonchev–Trinajstić information content (AvgIpc) is 2.80. The summed E-state index contributed by atoms with van der Waals surface area (Å²) in [6, 6.07) is 0. The first kappa shape index (κ1) is 28.9. The largest absolute Gasteiger partial charge is 0.379 e. The molecule has 0 amide bonds. The van der Waals surface area contributed by atoms with Crippen molar-refractivity contribution in [2.24, 2.45) is 23.7 Å². The number of sulfonamides is 1. The van der Waals surface area contributed by atoms with Crippen LogP contribution in [-0.2, 0) is 24.2 Å². The monoisotopic (exact) mass is 542 g/mol. The van der Waals surface area contributed by atoms with Gasteiger partial charge < -0.3 is 19.1 Å². The molecule has 0 aromatic carbocycles. The average molecular weight is 544 g/mol. The van der Waals surface area contributed by atoms with E-state index in [0.29, 0.717) is 69.9 Å². The lowest BCUT2D eigenvalue weighted by molar-refractivity contribution is 0.0108. The van der Waals surface area contributed by atoms with Crippen LogP contribution in [0.1, 0.15) is 45.4 Å². The molecule has 0 radical (unpaired) electrons. The zero-order valence-corrected chi connectivity index (χ0v) is 23.1. The van der Waals surface area contributed by atoms with Crippen molar-refractivity contribution in [2.75, 3.05) is 66.3 Å². The predicted molar refractivity (Wildman–Crippen MR) is 137 cm³/mol. The highest BCUT2D eigenvalue weighted by Crippen LogP contribution is 2.48. The standard InChI is InChI=1S/C24H44Cl2N2O5S/c1-3-31-10-11-33-13-12-32-9-8-27-34(29,30)20-6-4-18(5-7-20)22-16-28(2)17-23-21(22)14-19(25)15-24(23)26/h18-24,27H,3-17H2,1-2H3/t18?,19?,20?,21?,22-,23?,24?/m0/s1. The minimum absolute atomic E-state index is 0.149. The van der Waals surface area contributed by atoms with Gasteiger partial charge in [0.05, 0.1) is 38.3 Å². The van der Waals surface area contributed by atoms with Crippen LogP contribution in [0.15, 0.2) is 0 Å². The Morgan fingerprint density at radius 2 is 1.47 bits per heavy atom. The van der Waals surface area contributed by atoms with Crippen molar-refractivity contribution in [3.05, 3.63) is 0 Å². The number of halogens is 2. The molecule has 2 aliphatic carbocycles. The Morgan fingerprint density at radius 1 is 0.853 bits per heavy atom. The normalized spacial score (nSPS) is 35.2. The topological polar surface area (TPSA) is 77.1 Å². The summed E-state index contributed by atoms with van der Waals surface area (Å²) in [4.78, 5) is 2.42. The molecule has 0 bridgehead atoms. The number of alkyl halides is 2. The Labute approximate surface area is 216 Å². The van der Waals surface area contributed by atoms with Crippen LogP contribution in [0.25, 0.3) is 0 Å². The van der Waals surface area contributed by atoms with Gasteiger partial charge in [0.25, 0.3) is 0 Å². The molecule has 5 atom stereocenters. The van der Waals surface area contributed by atoms with Gasteiger partial charge in [-0.2, -0.15) is 0 Å². The molecule has 3 aliphatic rings. The zero-order chi connectivity index (χ0) is 24.6. The highest BCUT2D eigenvalue weighted by Gasteiger charge is 2.47. The number of hydrogen-bond donors (Lipinski definition) is 1. The number of fused-ring (bicyclic) bond motifs is 1. The molecule has 3 rings (SSSR count). The second kappa shape index (κ2) is 14.3. The van der Waals surface area contributed by atoms with Crippen molar-refractivity contribution >= 4 is 33.2 Å². The van der Waals surface area contributed by atoms with Gasteiger partial charge >= 0.3 is 0 Å². The summed E-state index contributed by atoms with van der Waals surface area (Å²) in [7, 11) is -1.14. The van der Waals surface area contributed by atoms with Gasteiger partial charge in [-0.1, -0.05) is 0 Å². The third-order valence-electron chi connectivity index (χ3n) is 7.88. The first-order valence-corrected chi connectivity index (χ1v) is 15.4. The smallest absolute Gasteiger partial charge is 0.214 e.